The van der Waals surface area contributed by atoms with E-state index in [1.165, 1.54) is 0 Å². The lowest BCUT2D eigenvalue weighted by atomic mass is 9.94. The third-order valence-electron chi connectivity index (χ3n) is 2.87. The SMILES string of the molecule is O=C(NI)N1CCC(C2OC2O)CC1. The molecule has 6 heteroatoms. The highest BCUT2D eigenvalue weighted by atomic mass is 127. The molecule has 80 valence electrons. The van der Waals surface area contributed by atoms with Crippen molar-refractivity contribution in [3.8, 4) is 0 Å². The predicted molar refractivity (Wildman–Crippen MR) is 57.7 cm³/mol. The first-order chi connectivity index (χ1) is 6.72. The topological polar surface area (TPSA) is 65.1 Å². The van der Waals surface area contributed by atoms with Gasteiger partial charge in [-0.15, -0.1) is 0 Å². The van der Waals surface area contributed by atoms with E-state index in [4.69, 9.17) is 9.84 Å². The summed E-state index contributed by atoms with van der Waals surface area (Å²) in [4.78, 5) is 13.0. The molecule has 0 aromatic carbocycles. The average molecular weight is 312 g/mol. The van der Waals surface area contributed by atoms with Gasteiger partial charge in [0, 0.05) is 13.1 Å². The number of likely N-dealkylation sites (tertiary alicyclic amines) is 1. The summed E-state index contributed by atoms with van der Waals surface area (Å²) in [6, 6.07) is -0.0266. The number of piperidine rings is 1. The zero-order valence-corrected chi connectivity index (χ0v) is 9.81. The molecule has 0 bridgehead atoms. The van der Waals surface area contributed by atoms with E-state index in [1.54, 1.807) is 4.90 Å². The smallest absolute Gasteiger partial charge is 0.326 e. The summed E-state index contributed by atoms with van der Waals surface area (Å²) >= 11 is 1.84. The molecule has 2 unspecified atom stereocenters. The minimum absolute atomic E-state index is 0.0266. The number of nitrogens with one attached hydrogen (secondary N) is 1. The van der Waals surface area contributed by atoms with E-state index < -0.39 is 6.29 Å². The fourth-order valence-electron chi connectivity index (χ4n) is 1.95. The number of rotatable bonds is 1. The number of aliphatic hydroxyl groups excluding tert-OH is 1. The number of epoxide rings is 1. The van der Waals surface area contributed by atoms with Crippen molar-refractivity contribution < 1.29 is 14.6 Å². The van der Waals surface area contributed by atoms with Gasteiger partial charge in [-0.2, -0.15) is 0 Å². The van der Waals surface area contributed by atoms with Crippen LogP contribution in [0.15, 0.2) is 0 Å². The van der Waals surface area contributed by atoms with Gasteiger partial charge in [0.2, 0.25) is 0 Å². The Morgan fingerprint density at radius 2 is 2.07 bits per heavy atom. The van der Waals surface area contributed by atoms with E-state index in [1.807, 2.05) is 22.9 Å². The molecule has 14 heavy (non-hydrogen) atoms. The number of ether oxygens (including phenoxy) is 1. The van der Waals surface area contributed by atoms with Gasteiger partial charge in [0.15, 0.2) is 6.29 Å². The largest absolute Gasteiger partial charge is 0.366 e. The number of amides is 2. The van der Waals surface area contributed by atoms with E-state index in [9.17, 15) is 4.79 Å². The van der Waals surface area contributed by atoms with Crippen molar-refractivity contribution in [2.24, 2.45) is 5.92 Å². The molecule has 5 nitrogen and oxygen atoms in total. The van der Waals surface area contributed by atoms with Gasteiger partial charge < -0.3 is 14.7 Å². The van der Waals surface area contributed by atoms with Gasteiger partial charge in [-0.3, -0.25) is 3.53 Å². The van der Waals surface area contributed by atoms with Crippen molar-refractivity contribution in [2.45, 2.75) is 25.2 Å². The van der Waals surface area contributed by atoms with Crippen molar-refractivity contribution in [3.63, 3.8) is 0 Å². The van der Waals surface area contributed by atoms with Gasteiger partial charge in [-0.05, 0) is 18.8 Å². The van der Waals surface area contributed by atoms with Crippen molar-refractivity contribution >= 4 is 28.9 Å². The van der Waals surface area contributed by atoms with Gasteiger partial charge in [-0.1, -0.05) is 0 Å². The Balaban J connectivity index is 1.77. The van der Waals surface area contributed by atoms with Crippen LogP contribution in [-0.2, 0) is 4.74 Å². The van der Waals surface area contributed by atoms with Gasteiger partial charge in [-0.25, -0.2) is 4.79 Å². The fourth-order valence-corrected chi connectivity index (χ4v) is 2.29. The van der Waals surface area contributed by atoms with Crippen LogP contribution in [0.1, 0.15) is 12.8 Å². The number of carbonyl (C=O) groups is 1. The van der Waals surface area contributed by atoms with Gasteiger partial charge >= 0.3 is 6.03 Å². The Labute approximate surface area is 96.3 Å². The molecule has 2 aliphatic heterocycles. The molecule has 2 saturated heterocycles. The summed E-state index contributed by atoms with van der Waals surface area (Å²) in [7, 11) is 0. The lowest BCUT2D eigenvalue weighted by molar-refractivity contribution is 0.152. The van der Waals surface area contributed by atoms with Crippen molar-refractivity contribution in [1.82, 2.24) is 8.43 Å². The van der Waals surface area contributed by atoms with Crippen LogP contribution in [0.25, 0.3) is 0 Å². The van der Waals surface area contributed by atoms with E-state index in [0.717, 1.165) is 25.9 Å². The Morgan fingerprint density at radius 3 is 2.50 bits per heavy atom. The van der Waals surface area contributed by atoms with Crippen LogP contribution in [0.4, 0.5) is 4.79 Å². The molecular weight excluding hydrogens is 299 g/mol. The minimum Gasteiger partial charge on any atom is -0.366 e. The van der Waals surface area contributed by atoms with Crippen LogP contribution >= 0.6 is 22.9 Å². The van der Waals surface area contributed by atoms with Crippen molar-refractivity contribution in [1.29, 1.82) is 0 Å². The van der Waals surface area contributed by atoms with Crippen LogP contribution in [0.3, 0.4) is 0 Å². The summed E-state index contributed by atoms with van der Waals surface area (Å²) in [5, 5.41) is 9.08. The molecular formula is C8H13IN2O3. The Hall–Kier alpha value is -0.0800. The molecule has 0 saturated carbocycles. The van der Waals surface area contributed by atoms with Gasteiger partial charge in [0.1, 0.15) is 6.10 Å². The number of halogens is 1. The summed E-state index contributed by atoms with van der Waals surface area (Å²) < 4.78 is 7.59. The lowest BCUT2D eigenvalue weighted by Gasteiger charge is -2.30. The summed E-state index contributed by atoms with van der Waals surface area (Å²) in [6.45, 7) is 1.51. The maximum Gasteiger partial charge on any atom is 0.326 e. The van der Waals surface area contributed by atoms with E-state index in [0.29, 0.717) is 5.92 Å². The summed E-state index contributed by atoms with van der Waals surface area (Å²) in [5.74, 6) is 0.420. The monoisotopic (exact) mass is 312 g/mol. The molecule has 0 radical (unpaired) electrons. The summed E-state index contributed by atoms with van der Waals surface area (Å²) in [6.07, 6.45) is 1.32. The maximum atomic E-state index is 11.3. The molecule has 0 aromatic rings. The number of carbonyl (C=O) groups excluding carboxylic acids is 1. The van der Waals surface area contributed by atoms with E-state index in [2.05, 4.69) is 3.53 Å². The molecule has 0 spiro atoms. The van der Waals surface area contributed by atoms with E-state index in [-0.39, 0.29) is 12.1 Å². The van der Waals surface area contributed by atoms with Crippen LogP contribution in [-0.4, -0.2) is 41.5 Å². The van der Waals surface area contributed by atoms with E-state index >= 15 is 0 Å². The lowest BCUT2D eigenvalue weighted by Crippen LogP contribution is -2.42. The van der Waals surface area contributed by atoms with Crippen LogP contribution < -0.4 is 3.53 Å². The number of hydrogen-bond donors (Lipinski definition) is 2. The molecule has 2 rings (SSSR count). The molecule has 2 heterocycles. The second-order valence-corrected chi connectivity index (χ2v) is 4.25. The highest BCUT2D eigenvalue weighted by Crippen LogP contribution is 2.34. The third kappa shape index (κ3) is 2.12. The van der Waals surface area contributed by atoms with Gasteiger partial charge in [0.25, 0.3) is 0 Å². The normalized spacial score (nSPS) is 32.9. The molecule has 2 N–H and O–H groups in total. The Bertz CT molecular complexity index is 231. The van der Waals surface area contributed by atoms with Crippen LogP contribution in [0.5, 0.6) is 0 Å². The quantitative estimate of drug-likeness (QED) is 0.420. The molecule has 2 atom stereocenters. The summed E-state index contributed by atoms with van der Waals surface area (Å²) in [5.41, 5.74) is 0. The Morgan fingerprint density at radius 1 is 1.50 bits per heavy atom. The second kappa shape index (κ2) is 4.19. The standard InChI is InChI=1S/C8H13IN2O3/c9-10-8(13)11-3-1-5(2-4-11)6-7(12)14-6/h5-7,12H,1-4H2,(H,10,13). The first-order valence-electron chi connectivity index (χ1n) is 4.71. The van der Waals surface area contributed by atoms with Crippen LogP contribution in [0, 0.1) is 5.92 Å². The average Bonchev–Trinajstić information content (AvgIpc) is 2.95. The predicted octanol–water partition coefficient (Wildman–Crippen LogP) is 0.475. The number of hydrogen-bond acceptors (Lipinski definition) is 3. The molecule has 0 aliphatic carbocycles. The van der Waals surface area contributed by atoms with Gasteiger partial charge in [0.05, 0.1) is 22.9 Å². The fraction of sp³-hybridized carbons (Fsp3) is 0.875. The Kier molecular flexibility index (Phi) is 3.13. The molecule has 2 aliphatic rings. The molecule has 2 amide bonds. The minimum atomic E-state index is -0.551. The highest BCUT2D eigenvalue weighted by molar-refractivity contribution is 14.1. The molecule has 0 aromatic heterocycles. The second-order valence-electron chi connectivity index (χ2n) is 3.72. The molecule has 2 fully saturated rings. The van der Waals surface area contributed by atoms with Crippen LogP contribution in [0.2, 0.25) is 0 Å². The number of urea groups is 1. The zero-order chi connectivity index (χ0) is 10.1. The number of aliphatic hydroxyl groups is 1. The van der Waals surface area contributed by atoms with Crippen molar-refractivity contribution in [2.75, 3.05) is 13.1 Å². The first kappa shape index (κ1) is 10.4. The third-order valence-corrected chi connectivity index (χ3v) is 3.33. The maximum absolute atomic E-state index is 11.3. The zero-order valence-electron chi connectivity index (χ0n) is 7.65. The van der Waals surface area contributed by atoms with Crippen molar-refractivity contribution in [3.05, 3.63) is 0 Å². The number of nitrogens with zero attached hydrogens (tertiary/aromatic N) is 1. The highest BCUT2D eigenvalue weighted by Gasteiger charge is 2.44. The first-order valence-corrected chi connectivity index (χ1v) is 5.79.